The molecule has 1 N–H and O–H groups in total. The third-order valence-electron chi connectivity index (χ3n) is 5.19. The zero-order chi connectivity index (χ0) is 18.9. The molecular formula is C22H20N4O2. The van der Waals surface area contributed by atoms with Gasteiger partial charge in [-0.15, -0.1) is 0 Å². The standard InChI is InChI=1S/C22H20N4O2/c27-21(11-10-20-23-12-19(28-20)15-6-2-1-3-7-15)26-13-16(14-26)22-24-17-8-4-5-9-18(17)25-22/h1-9,12,16H,10-11,13-14H2,(H,24,25). The molecule has 0 radical (unpaired) electrons. The van der Waals surface area contributed by atoms with Gasteiger partial charge in [0.2, 0.25) is 5.91 Å². The molecule has 1 fully saturated rings. The Bertz CT molecular complexity index is 1080. The monoisotopic (exact) mass is 372 g/mol. The average molecular weight is 372 g/mol. The Kier molecular flexibility index (Phi) is 4.16. The predicted molar refractivity (Wildman–Crippen MR) is 106 cm³/mol. The highest BCUT2D eigenvalue weighted by Crippen LogP contribution is 2.27. The molecule has 0 saturated carbocycles. The molecule has 140 valence electrons. The van der Waals surface area contributed by atoms with Crippen molar-refractivity contribution in [3.63, 3.8) is 0 Å². The van der Waals surface area contributed by atoms with E-state index < -0.39 is 0 Å². The highest BCUT2D eigenvalue weighted by atomic mass is 16.4. The number of rotatable bonds is 5. The number of oxazole rings is 1. The van der Waals surface area contributed by atoms with Crippen LogP contribution in [0.15, 0.2) is 65.2 Å². The van der Waals surface area contributed by atoms with Crippen LogP contribution < -0.4 is 0 Å². The van der Waals surface area contributed by atoms with Crippen molar-refractivity contribution in [2.75, 3.05) is 13.1 Å². The number of aryl methyl sites for hydroxylation is 1. The molecule has 2 aromatic heterocycles. The largest absolute Gasteiger partial charge is 0.441 e. The number of aromatic nitrogens is 3. The van der Waals surface area contributed by atoms with E-state index in [9.17, 15) is 4.79 Å². The SMILES string of the molecule is O=C(CCc1ncc(-c2ccccc2)o1)N1CC(c2nc3ccccc3[nH]2)C1. The number of aromatic amines is 1. The lowest BCUT2D eigenvalue weighted by molar-refractivity contribution is -0.135. The molecule has 0 aliphatic carbocycles. The first-order valence-corrected chi connectivity index (χ1v) is 9.49. The highest BCUT2D eigenvalue weighted by molar-refractivity contribution is 5.78. The number of benzene rings is 2. The van der Waals surface area contributed by atoms with Gasteiger partial charge in [-0.3, -0.25) is 4.79 Å². The summed E-state index contributed by atoms with van der Waals surface area (Å²) in [7, 11) is 0. The second kappa shape index (κ2) is 6.96. The molecule has 6 heteroatoms. The number of likely N-dealkylation sites (tertiary alicyclic amines) is 1. The number of hydrogen-bond donors (Lipinski definition) is 1. The van der Waals surface area contributed by atoms with Crippen LogP contribution in [-0.4, -0.2) is 38.8 Å². The quantitative estimate of drug-likeness (QED) is 0.579. The van der Waals surface area contributed by atoms with Gasteiger partial charge in [0.1, 0.15) is 5.82 Å². The van der Waals surface area contributed by atoms with E-state index in [0.29, 0.717) is 31.8 Å². The number of para-hydroxylation sites is 2. The number of nitrogens with zero attached hydrogens (tertiary/aromatic N) is 3. The van der Waals surface area contributed by atoms with Crippen LogP contribution >= 0.6 is 0 Å². The van der Waals surface area contributed by atoms with Crippen molar-refractivity contribution in [2.24, 2.45) is 0 Å². The second-order valence-corrected chi connectivity index (χ2v) is 7.12. The number of carbonyl (C=O) groups is 1. The minimum atomic E-state index is 0.131. The number of fused-ring (bicyclic) bond motifs is 1. The summed E-state index contributed by atoms with van der Waals surface area (Å²) in [6.45, 7) is 1.42. The summed E-state index contributed by atoms with van der Waals surface area (Å²) in [5.41, 5.74) is 3.00. The van der Waals surface area contributed by atoms with Crippen LogP contribution in [0, 0.1) is 0 Å². The van der Waals surface area contributed by atoms with Crippen molar-refractivity contribution >= 4 is 16.9 Å². The summed E-state index contributed by atoms with van der Waals surface area (Å²) in [5, 5.41) is 0. The van der Waals surface area contributed by atoms with Crippen molar-refractivity contribution in [3.05, 3.63) is 72.5 Å². The number of nitrogens with one attached hydrogen (secondary N) is 1. The number of H-pyrrole nitrogens is 1. The Balaban J connectivity index is 1.15. The molecule has 3 heterocycles. The van der Waals surface area contributed by atoms with Crippen molar-refractivity contribution in [1.29, 1.82) is 0 Å². The van der Waals surface area contributed by atoms with Crippen molar-refractivity contribution < 1.29 is 9.21 Å². The molecule has 0 spiro atoms. The van der Waals surface area contributed by atoms with E-state index in [1.54, 1.807) is 6.20 Å². The summed E-state index contributed by atoms with van der Waals surface area (Å²) in [6.07, 6.45) is 2.63. The van der Waals surface area contributed by atoms with Gasteiger partial charge in [-0.25, -0.2) is 9.97 Å². The maximum Gasteiger partial charge on any atom is 0.223 e. The summed E-state index contributed by atoms with van der Waals surface area (Å²) < 4.78 is 5.78. The average Bonchev–Trinajstić information content (AvgIpc) is 3.33. The van der Waals surface area contributed by atoms with E-state index in [-0.39, 0.29) is 11.8 Å². The normalized spacial score (nSPS) is 14.4. The molecule has 0 atom stereocenters. The lowest BCUT2D eigenvalue weighted by Crippen LogP contribution is -2.48. The van der Waals surface area contributed by atoms with E-state index in [1.807, 2.05) is 59.5 Å². The van der Waals surface area contributed by atoms with Crippen LogP contribution in [0.25, 0.3) is 22.4 Å². The minimum absolute atomic E-state index is 0.131. The first-order chi connectivity index (χ1) is 13.8. The molecule has 28 heavy (non-hydrogen) atoms. The number of amides is 1. The molecule has 5 rings (SSSR count). The van der Waals surface area contributed by atoms with E-state index in [0.717, 1.165) is 28.2 Å². The Labute approximate surface area is 162 Å². The van der Waals surface area contributed by atoms with E-state index in [4.69, 9.17) is 4.42 Å². The smallest absolute Gasteiger partial charge is 0.223 e. The molecule has 1 saturated heterocycles. The predicted octanol–water partition coefficient (Wildman–Crippen LogP) is 3.78. The Hall–Kier alpha value is -3.41. The van der Waals surface area contributed by atoms with Crippen LogP contribution in [0.5, 0.6) is 0 Å². The maximum absolute atomic E-state index is 12.5. The highest BCUT2D eigenvalue weighted by Gasteiger charge is 2.33. The van der Waals surface area contributed by atoms with Gasteiger partial charge in [0.25, 0.3) is 0 Å². The molecule has 2 aromatic carbocycles. The summed E-state index contributed by atoms with van der Waals surface area (Å²) in [4.78, 5) is 26.6. The molecule has 1 aliphatic rings. The van der Waals surface area contributed by atoms with E-state index in [1.165, 1.54) is 0 Å². The fourth-order valence-corrected chi connectivity index (χ4v) is 3.55. The van der Waals surface area contributed by atoms with Gasteiger partial charge in [-0.1, -0.05) is 42.5 Å². The van der Waals surface area contributed by atoms with Gasteiger partial charge in [-0.2, -0.15) is 0 Å². The fraction of sp³-hybridized carbons (Fsp3) is 0.227. The summed E-state index contributed by atoms with van der Waals surface area (Å²) in [5.74, 6) is 2.71. The van der Waals surface area contributed by atoms with Crippen LogP contribution in [0.4, 0.5) is 0 Å². The lowest BCUT2D eigenvalue weighted by atomic mass is 9.99. The Morgan fingerprint density at radius 1 is 1.11 bits per heavy atom. The number of imidazole rings is 1. The minimum Gasteiger partial charge on any atom is -0.441 e. The fourth-order valence-electron chi connectivity index (χ4n) is 3.55. The first kappa shape index (κ1) is 16.7. The van der Waals surface area contributed by atoms with Crippen LogP contribution in [0.1, 0.15) is 24.1 Å². The van der Waals surface area contributed by atoms with Crippen molar-refractivity contribution in [3.8, 4) is 11.3 Å². The van der Waals surface area contributed by atoms with Crippen molar-refractivity contribution in [1.82, 2.24) is 19.9 Å². The molecule has 0 bridgehead atoms. The van der Waals surface area contributed by atoms with Gasteiger partial charge in [0, 0.05) is 31.5 Å². The molecule has 1 amide bonds. The van der Waals surface area contributed by atoms with Crippen molar-refractivity contribution in [2.45, 2.75) is 18.8 Å². The number of carbonyl (C=O) groups excluding carboxylic acids is 1. The van der Waals surface area contributed by atoms with Gasteiger partial charge in [0.15, 0.2) is 11.7 Å². The Morgan fingerprint density at radius 2 is 1.89 bits per heavy atom. The second-order valence-electron chi connectivity index (χ2n) is 7.12. The van der Waals surface area contributed by atoms with E-state index in [2.05, 4.69) is 15.0 Å². The van der Waals surface area contributed by atoms with Crippen LogP contribution in [-0.2, 0) is 11.2 Å². The third-order valence-corrected chi connectivity index (χ3v) is 5.19. The molecular weight excluding hydrogens is 352 g/mol. The first-order valence-electron chi connectivity index (χ1n) is 9.49. The summed E-state index contributed by atoms with van der Waals surface area (Å²) in [6, 6.07) is 17.8. The third kappa shape index (κ3) is 3.17. The Morgan fingerprint density at radius 3 is 2.71 bits per heavy atom. The lowest BCUT2D eigenvalue weighted by Gasteiger charge is -2.38. The number of hydrogen-bond acceptors (Lipinski definition) is 4. The summed E-state index contributed by atoms with van der Waals surface area (Å²) >= 11 is 0. The van der Waals surface area contributed by atoms with Gasteiger partial charge in [0.05, 0.1) is 23.1 Å². The molecule has 4 aromatic rings. The maximum atomic E-state index is 12.5. The van der Waals surface area contributed by atoms with Gasteiger partial charge < -0.3 is 14.3 Å². The zero-order valence-corrected chi connectivity index (χ0v) is 15.3. The van der Waals surface area contributed by atoms with Crippen LogP contribution in [0.3, 0.4) is 0 Å². The van der Waals surface area contributed by atoms with Gasteiger partial charge in [-0.05, 0) is 12.1 Å². The molecule has 0 unspecified atom stereocenters. The van der Waals surface area contributed by atoms with E-state index >= 15 is 0 Å². The molecule has 6 nitrogen and oxygen atoms in total. The van der Waals surface area contributed by atoms with Gasteiger partial charge >= 0.3 is 0 Å². The zero-order valence-electron chi connectivity index (χ0n) is 15.3. The van der Waals surface area contributed by atoms with Crippen LogP contribution in [0.2, 0.25) is 0 Å². The molecule has 1 aliphatic heterocycles. The topological polar surface area (TPSA) is 75.0 Å².